The van der Waals surface area contributed by atoms with Gasteiger partial charge in [0.1, 0.15) is 5.75 Å². The number of hydrogen-bond donors (Lipinski definition) is 1. The van der Waals surface area contributed by atoms with Crippen molar-refractivity contribution in [2.45, 2.75) is 19.8 Å². The predicted octanol–water partition coefficient (Wildman–Crippen LogP) is 2.17. The van der Waals surface area contributed by atoms with Crippen LogP contribution in [0.25, 0.3) is 0 Å². The fourth-order valence-corrected chi connectivity index (χ4v) is 2.61. The second-order valence-electron chi connectivity index (χ2n) is 5.50. The van der Waals surface area contributed by atoms with E-state index in [4.69, 9.17) is 4.74 Å². The van der Waals surface area contributed by atoms with Crippen molar-refractivity contribution in [3.63, 3.8) is 0 Å². The molecule has 3 heteroatoms. The zero-order valence-corrected chi connectivity index (χ0v) is 12.2. The van der Waals surface area contributed by atoms with Crippen molar-refractivity contribution < 1.29 is 4.74 Å². The highest BCUT2D eigenvalue weighted by Gasteiger charge is 2.20. The average molecular weight is 262 g/mol. The molecular weight excluding hydrogens is 236 g/mol. The molecule has 3 nitrogen and oxygen atoms in total. The van der Waals surface area contributed by atoms with Crippen LogP contribution in [-0.2, 0) is 6.42 Å². The Kier molecular flexibility index (Phi) is 5.67. The van der Waals surface area contributed by atoms with Crippen LogP contribution in [0.5, 0.6) is 5.75 Å². The van der Waals surface area contributed by atoms with Crippen LogP contribution in [0.3, 0.4) is 0 Å². The lowest BCUT2D eigenvalue weighted by Crippen LogP contribution is -2.36. The Morgan fingerprint density at radius 3 is 3.00 bits per heavy atom. The van der Waals surface area contributed by atoms with Crippen LogP contribution in [-0.4, -0.2) is 44.7 Å². The first-order chi connectivity index (χ1) is 9.29. The van der Waals surface area contributed by atoms with Gasteiger partial charge in [-0.25, -0.2) is 0 Å². The molecule has 0 aromatic heterocycles. The monoisotopic (exact) mass is 262 g/mol. The highest BCUT2D eigenvalue weighted by Crippen LogP contribution is 2.26. The fraction of sp³-hybridized carbons (Fsp3) is 0.625. The highest BCUT2D eigenvalue weighted by molar-refractivity contribution is 5.35. The van der Waals surface area contributed by atoms with Gasteiger partial charge in [0.2, 0.25) is 0 Å². The number of nitrogens with one attached hydrogen (secondary N) is 1. The summed E-state index contributed by atoms with van der Waals surface area (Å²) in [6.45, 7) is 7.47. The number of rotatable bonds is 7. The maximum atomic E-state index is 5.84. The van der Waals surface area contributed by atoms with Crippen LogP contribution in [0.4, 0.5) is 0 Å². The molecule has 1 heterocycles. The molecule has 0 amide bonds. The molecule has 2 rings (SSSR count). The lowest BCUT2D eigenvalue weighted by atomic mass is 9.96. The molecule has 0 aliphatic carbocycles. The zero-order valence-electron chi connectivity index (χ0n) is 12.2. The minimum Gasteiger partial charge on any atom is -0.493 e. The van der Waals surface area contributed by atoms with Crippen LogP contribution in [0, 0.1) is 5.92 Å². The Labute approximate surface area is 116 Å². The van der Waals surface area contributed by atoms with Crippen LogP contribution >= 0.6 is 0 Å². The Morgan fingerprint density at radius 2 is 2.16 bits per heavy atom. The summed E-state index contributed by atoms with van der Waals surface area (Å²) >= 11 is 0. The van der Waals surface area contributed by atoms with E-state index in [0.717, 1.165) is 45.0 Å². The Hall–Kier alpha value is -1.06. The Morgan fingerprint density at radius 1 is 1.32 bits per heavy atom. The van der Waals surface area contributed by atoms with E-state index in [2.05, 4.69) is 42.4 Å². The molecule has 0 saturated carbocycles. The third kappa shape index (κ3) is 4.51. The van der Waals surface area contributed by atoms with E-state index >= 15 is 0 Å². The number of fused-ring (bicyclic) bond motifs is 1. The van der Waals surface area contributed by atoms with E-state index in [-0.39, 0.29) is 0 Å². The van der Waals surface area contributed by atoms with Crippen molar-refractivity contribution in [1.82, 2.24) is 10.2 Å². The van der Waals surface area contributed by atoms with Crippen LogP contribution in [0.2, 0.25) is 0 Å². The maximum absolute atomic E-state index is 5.84. The molecule has 1 aliphatic rings. The molecule has 1 aromatic carbocycles. The van der Waals surface area contributed by atoms with Crippen LogP contribution < -0.4 is 10.1 Å². The number of para-hydroxylation sites is 1. The summed E-state index contributed by atoms with van der Waals surface area (Å²) in [6, 6.07) is 8.40. The van der Waals surface area contributed by atoms with E-state index in [1.165, 1.54) is 12.0 Å². The van der Waals surface area contributed by atoms with Gasteiger partial charge in [0.25, 0.3) is 0 Å². The van der Waals surface area contributed by atoms with Crippen molar-refractivity contribution in [2.75, 3.05) is 39.8 Å². The lowest BCUT2D eigenvalue weighted by molar-refractivity contribution is 0.176. The van der Waals surface area contributed by atoms with Crippen LogP contribution in [0.15, 0.2) is 24.3 Å². The minimum absolute atomic E-state index is 0.617. The predicted molar refractivity (Wildman–Crippen MR) is 79.8 cm³/mol. The molecule has 0 bridgehead atoms. The summed E-state index contributed by atoms with van der Waals surface area (Å²) < 4.78 is 5.84. The molecule has 1 unspecified atom stereocenters. The van der Waals surface area contributed by atoms with Crippen molar-refractivity contribution in [2.24, 2.45) is 5.92 Å². The Balaban J connectivity index is 1.72. The summed E-state index contributed by atoms with van der Waals surface area (Å²) in [7, 11) is 2.20. The molecule has 0 fully saturated rings. The van der Waals surface area contributed by atoms with Gasteiger partial charge in [-0.2, -0.15) is 0 Å². The summed E-state index contributed by atoms with van der Waals surface area (Å²) in [5.41, 5.74) is 1.36. The van der Waals surface area contributed by atoms with Crippen molar-refractivity contribution >= 4 is 0 Å². The molecule has 0 spiro atoms. The molecular formula is C16H26N2O. The number of hydrogen-bond acceptors (Lipinski definition) is 3. The van der Waals surface area contributed by atoms with E-state index in [1.54, 1.807) is 0 Å². The van der Waals surface area contributed by atoms with Crippen LogP contribution in [0.1, 0.15) is 18.9 Å². The van der Waals surface area contributed by atoms with Gasteiger partial charge in [0.15, 0.2) is 0 Å². The third-order valence-corrected chi connectivity index (χ3v) is 3.62. The molecule has 0 radical (unpaired) electrons. The molecule has 106 valence electrons. The smallest absolute Gasteiger partial charge is 0.122 e. The molecule has 1 N–H and O–H groups in total. The first kappa shape index (κ1) is 14.4. The second-order valence-corrected chi connectivity index (χ2v) is 5.50. The van der Waals surface area contributed by atoms with E-state index in [9.17, 15) is 0 Å². The summed E-state index contributed by atoms with van der Waals surface area (Å²) in [5, 5.41) is 3.45. The van der Waals surface area contributed by atoms with Gasteiger partial charge in [0, 0.05) is 25.6 Å². The first-order valence-corrected chi connectivity index (χ1v) is 7.39. The van der Waals surface area contributed by atoms with Gasteiger partial charge >= 0.3 is 0 Å². The summed E-state index contributed by atoms with van der Waals surface area (Å²) in [4.78, 5) is 2.41. The topological polar surface area (TPSA) is 24.5 Å². The number of nitrogens with zero attached hydrogens (tertiary/aromatic N) is 1. The minimum atomic E-state index is 0.617. The van der Waals surface area contributed by atoms with Crippen molar-refractivity contribution in [1.29, 1.82) is 0 Å². The van der Waals surface area contributed by atoms with Gasteiger partial charge < -0.3 is 15.0 Å². The molecule has 19 heavy (non-hydrogen) atoms. The van der Waals surface area contributed by atoms with Gasteiger partial charge in [-0.15, -0.1) is 0 Å². The quantitative estimate of drug-likeness (QED) is 0.762. The van der Waals surface area contributed by atoms with Gasteiger partial charge in [-0.05, 0) is 38.1 Å². The number of ether oxygens (including phenoxy) is 1. The highest BCUT2D eigenvalue weighted by atomic mass is 16.5. The van der Waals surface area contributed by atoms with Crippen molar-refractivity contribution in [3.05, 3.63) is 29.8 Å². The molecule has 1 aromatic rings. The lowest BCUT2D eigenvalue weighted by Gasteiger charge is -2.28. The summed E-state index contributed by atoms with van der Waals surface area (Å²) in [6.07, 6.45) is 2.35. The van der Waals surface area contributed by atoms with Gasteiger partial charge in [0.05, 0.1) is 6.61 Å². The largest absolute Gasteiger partial charge is 0.493 e. The molecule has 1 atom stereocenters. The van der Waals surface area contributed by atoms with E-state index < -0.39 is 0 Å². The van der Waals surface area contributed by atoms with E-state index in [1.807, 2.05) is 6.07 Å². The standard InChI is InChI=1S/C16H26N2O/c1-3-8-17-9-10-18(2)12-14-11-15-6-4-5-7-16(15)19-13-14/h4-7,14,17H,3,8-13H2,1-2H3. The first-order valence-electron chi connectivity index (χ1n) is 7.39. The fourth-order valence-electron chi connectivity index (χ4n) is 2.61. The normalized spacial score (nSPS) is 18.2. The molecule has 0 saturated heterocycles. The second kappa shape index (κ2) is 7.51. The van der Waals surface area contributed by atoms with E-state index in [0.29, 0.717) is 5.92 Å². The number of benzene rings is 1. The third-order valence-electron chi connectivity index (χ3n) is 3.62. The number of likely N-dealkylation sites (N-methyl/N-ethyl adjacent to an activating group) is 1. The van der Waals surface area contributed by atoms with Gasteiger partial charge in [-0.3, -0.25) is 0 Å². The summed E-state index contributed by atoms with van der Waals surface area (Å²) in [5.74, 6) is 1.69. The average Bonchev–Trinajstić information content (AvgIpc) is 2.43. The SMILES string of the molecule is CCCNCCN(C)CC1COc2ccccc2C1. The molecule has 1 aliphatic heterocycles. The van der Waals surface area contributed by atoms with Gasteiger partial charge in [-0.1, -0.05) is 25.1 Å². The Bertz CT molecular complexity index is 381. The maximum Gasteiger partial charge on any atom is 0.122 e. The zero-order chi connectivity index (χ0) is 13.5. The van der Waals surface area contributed by atoms with Crippen molar-refractivity contribution in [3.8, 4) is 5.75 Å².